The smallest absolute Gasteiger partial charge is 0.00199 e. The number of benzene rings is 10. The summed E-state index contributed by atoms with van der Waals surface area (Å²) in [7, 11) is 0. The van der Waals surface area contributed by atoms with Crippen LogP contribution in [0.15, 0.2) is 170 Å². The summed E-state index contributed by atoms with van der Waals surface area (Å²) in [5.74, 6) is 0. The maximum absolute atomic E-state index is 2.52. The summed E-state index contributed by atoms with van der Waals surface area (Å²) in [4.78, 5) is 0. The van der Waals surface area contributed by atoms with Crippen molar-refractivity contribution < 1.29 is 0 Å². The van der Waals surface area contributed by atoms with Crippen LogP contribution in [0.5, 0.6) is 0 Å². The zero-order valence-corrected chi connectivity index (χ0v) is 32.2. The molecule has 10 aromatic carbocycles. The van der Waals surface area contributed by atoms with Crippen molar-refractivity contribution in [2.75, 3.05) is 0 Å². The van der Waals surface area contributed by atoms with Gasteiger partial charge in [-0.15, -0.1) is 0 Å². The van der Waals surface area contributed by atoms with Crippen molar-refractivity contribution >= 4 is 43.1 Å². The minimum Gasteiger partial charge on any atom is -0.0622 e. The summed E-state index contributed by atoms with van der Waals surface area (Å²) in [6, 6.07) is 64.4. The van der Waals surface area contributed by atoms with E-state index in [9.17, 15) is 0 Å². The van der Waals surface area contributed by atoms with Gasteiger partial charge < -0.3 is 0 Å². The molecule has 0 aliphatic heterocycles. The first-order valence-corrected chi connectivity index (χ1v) is 19.7. The molecule has 0 aromatic heterocycles. The second-order valence-corrected chi connectivity index (χ2v) is 16.0. The lowest BCUT2D eigenvalue weighted by Gasteiger charge is -2.22. The molecule has 0 unspecified atom stereocenters. The van der Waals surface area contributed by atoms with E-state index in [-0.39, 0.29) is 0 Å². The Morgan fingerprint density at radius 1 is 0.250 bits per heavy atom. The first-order valence-electron chi connectivity index (χ1n) is 19.7. The molecule has 0 radical (unpaired) electrons. The number of hydrogen-bond acceptors (Lipinski definition) is 0. The van der Waals surface area contributed by atoms with Crippen LogP contribution in [-0.4, -0.2) is 0 Å². The van der Waals surface area contributed by atoms with Gasteiger partial charge in [0.1, 0.15) is 0 Å². The van der Waals surface area contributed by atoms with Gasteiger partial charge >= 0.3 is 0 Å². The van der Waals surface area contributed by atoms with Crippen molar-refractivity contribution in [3.05, 3.63) is 192 Å². The van der Waals surface area contributed by atoms with Gasteiger partial charge in [-0.05, 0) is 168 Å². The molecule has 11 rings (SSSR count). The zero-order chi connectivity index (χ0) is 37.7. The van der Waals surface area contributed by atoms with Gasteiger partial charge in [0.2, 0.25) is 0 Å². The summed E-state index contributed by atoms with van der Waals surface area (Å²) in [5.41, 5.74) is 20.4. The third-order valence-electron chi connectivity index (χ3n) is 12.0. The molecule has 0 fully saturated rings. The predicted molar refractivity (Wildman–Crippen MR) is 242 cm³/mol. The van der Waals surface area contributed by atoms with Crippen LogP contribution >= 0.6 is 0 Å². The summed E-state index contributed by atoms with van der Waals surface area (Å²) in [5, 5.41) is 10.4. The molecule has 10 aromatic rings. The number of hydrogen-bond donors (Lipinski definition) is 0. The molecule has 0 N–H and O–H groups in total. The van der Waals surface area contributed by atoms with Gasteiger partial charge in [-0.2, -0.15) is 0 Å². The van der Waals surface area contributed by atoms with E-state index >= 15 is 0 Å². The summed E-state index contributed by atoms with van der Waals surface area (Å²) < 4.78 is 0. The monoisotopic (exact) mass is 712 g/mol. The van der Waals surface area contributed by atoms with Crippen molar-refractivity contribution in [3.63, 3.8) is 0 Å². The van der Waals surface area contributed by atoms with Crippen LogP contribution in [-0.2, 0) is 0 Å². The van der Waals surface area contributed by atoms with Gasteiger partial charge in [0, 0.05) is 0 Å². The lowest BCUT2D eigenvalue weighted by atomic mass is 9.81. The lowest BCUT2D eigenvalue weighted by Crippen LogP contribution is -1.96. The molecule has 0 nitrogen and oxygen atoms in total. The van der Waals surface area contributed by atoms with E-state index in [0.717, 1.165) is 0 Å². The quantitative estimate of drug-likeness (QED) is 0.126. The Labute approximate surface area is 328 Å². The molecular formula is C56H40. The van der Waals surface area contributed by atoms with Crippen LogP contribution in [0, 0.1) is 27.7 Å². The lowest BCUT2D eigenvalue weighted by molar-refractivity contribution is 1.37. The van der Waals surface area contributed by atoms with Crippen LogP contribution in [0.2, 0.25) is 0 Å². The average molecular weight is 713 g/mol. The van der Waals surface area contributed by atoms with Crippen molar-refractivity contribution in [2.45, 2.75) is 27.7 Å². The first-order chi connectivity index (χ1) is 27.4. The fraction of sp³-hybridized carbons (Fsp3) is 0.0714. The highest BCUT2D eigenvalue weighted by Crippen LogP contribution is 2.54. The molecule has 0 bridgehead atoms. The van der Waals surface area contributed by atoms with E-state index in [0.29, 0.717) is 0 Å². The summed E-state index contributed by atoms with van der Waals surface area (Å²) >= 11 is 0. The SMILES string of the molecule is Cc1cc(C)cc(-c2cc3c(-c4ccccc4)c4cc5c(cc4c(-c4ccccc4)c3cc2-c2cc(C)cc(C)c2)-c2cc3ccccc3c3cccc-5c23)c1. The van der Waals surface area contributed by atoms with Gasteiger partial charge in [-0.3, -0.25) is 0 Å². The summed E-state index contributed by atoms with van der Waals surface area (Å²) in [6.45, 7) is 8.86. The molecule has 0 atom stereocenters. The Morgan fingerprint density at radius 2 is 0.679 bits per heavy atom. The maximum atomic E-state index is 2.52. The van der Waals surface area contributed by atoms with Gasteiger partial charge in [-0.25, -0.2) is 0 Å². The van der Waals surface area contributed by atoms with Crippen molar-refractivity contribution in [2.24, 2.45) is 0 Å². The molecule has 0 saturated carbocycles. The second kappa shape index (κ2) is 12.4. The van der Waals surface area contributed by atoms with E-state index < -0.39 is 0 Å². The third kappa shape index (κ3) is 4.99. The van der Waals surface area contributed by atoms with Gasteiger partial charge in [0.15, 0.2) is 0 Å². The van der Waals surface area contributed by atoms with Crippen molar-refractivity contribution in [3.8, 4) is 66.8 Å². The molecule has 264 valence electrons. The minimum atomic E-state index is 1.23. The predicted octanol–water partition coefficient (Wildman–Crippen LogP) is 15.8. The van der Waals surface area contributed by atoms with Crippen molar-refractivity contribution in [1.29, 1.82) is 0 Å². The molecule has 1 aliphatic rings. The van der Waals surface area contributed by atoms with Gasteiger partial charge in [-0.1, -0.05) is 162 Å². The topological polar surface area (TPSA) is 0 Å². The molecule has 0 amide bonds. The fourth-order valence-corrected chi connectivity index (χ4v) is 9.93. The largest absolute Gasteiger partial charge is 0.0622 e. The summed E-state index contributed by atoms with van der Waals surface area (Å²) in [6.07, 6.45) is 0. The highest BCUT2D eigenvalue weighted by molar-refractivity contribution is 6.28. The molecule has 56 heavy (non-hydrogen) atoms. The molecular weight excluding hydrogens is 673 g/mol. The fourth-order valence-electron chi connectivity index (χ4n) is 9.93. The Bertz CT molecular complexity index is 3210. The zero-order valence-electron chi connectivity index (χ0n) is 32.2. The number of fused-ring (bicyclic) bond motifs is 7. The average Bonchev–Trinajstić information content (AvgIpc) is 3.51. The Morgan fingerprint density at radius 3 is 1.20 bits per heavy atom. The number of rotatable bonds is 4. The maximum Gasteiger partial charge on any atom is -0.00199 e. The van der Waals surface area contributed by atoms with Crippen LogP contribution in [0.1, 0.15) is 22.3 Å². The van der Waals surface area contributed by atoms with E-state index in [1.165, 1.54) is 132 Å². The minimum absolute atomic E-state index is 1.23. The third-order valence-corrected chi connectivity index (χ3v) is 12.0. The molecule has 1 aliphatic carbocycles. The number of aryl methyl sites for hydroxylation is 4. The molecule has 0 saturated heterocycles. The Hall–Kier alpha value is -6.76. The Balaban J connectivity index is 1.36. The second-order valence-electron chi connectivity index (χ2n) is 16.0. The van der Waals surface area contributed by atoms with E-state index in [1.807, 2.05) is 0 Å². The van der Waals surface area contributed by atoms with Crippen LogP contribution in [0.4, 0.5) is 0 Å². The molecule has 0 spiro atoms. The molecule has 0 heterocycles. The van der Waals surface area contributed by atoms with E-state index in [2.05, 4.69) is 198 Å². The van der Waals surface area contributed by atoms with Crippen molar-refractivity contribution in [1.82, 2.24) is 0 Å². The first kappa shape index (κ1) is 32.7. The standard InChI is InChI=1S/C56H40/c1-33-22-34(2)25-40(24-33)45-29-50-51(30-46(45)41-26-35(3)23-36(4)27-41)55(38-16-9-6-10-17-38)53-32-48-47(31-52(53)54(50)37-14-7-5-8-15-37)44-21-13-20-43-42-19-12-11-18-39(42)28-49(48)56(43)44/h5-32H,1-4H3. The highest BCUT2D eigenvalue weighted by Gasteiger charge is 2.27. The van der Waals surface area contributed by atoms with E-state index in [1.54, 1.807) is 0 Å². The van der Waals surface area contributed by atoms with Crippen LogP contribution in [0.3, 0.4) is 0 Å². The normalized spacial score (nSPS) is 11.9. The van der Waals surface area contributed by atoms with Crippen LogP contribution in [0.25, 0.3) is 110 Å². The Kier molecular flexibility index (Phi) is 7.22. The molecule has 0 heteroatoms. The van der Waals surface area contributed by atoms with Gasteiger partial charge in [0.25, 0.3) is 0 Å². The van der Waals surface area contributed by atoms with Crippen LogP contribution < -0.4 is 0 Å². The van der Waals surface area contributed by atoms with Gasteiger partial charge in [0.05, 0.1) is 0 Å². The van der Waals surface area contributed by atoms with E-state index in [4.69, 9.17) is 0 Å². The highest BCUT2D eigenvalue weighted by atomic mass is 14.3.